The van der Waals surface area contributed by atoms with Crippen LogP contribution in [0.2, 0.25) is 0 Å². The molecule has 2 unspecified atom stereocenters. The van der Waals surface area contributed by atoms with Crippen molar-refractivity contribution in [3.8, 4) is 0 Å². The van der Waals surface area contributed by atoms with Gasteiger partial charge < -0.3 is 0 Å². The van der Waals surface area contributed by atoms with E-state index in [4.69, 9.17) is 0 Å². The maximum Gasteiger partial charge on any atom is 0.0524 e. The Bertz CT molecular complexity index is 497. The van der Waals surface area contributed by atoms with E-state index in [1.54, 1.807) is 0 Å². The molecule has 96 valence electrons. The van der Waals surface area contributed by atoms with Crippen LogP contribution in [0.4, 0.5) is 0 Å². The molecule has 0 saturated carbocycles. The molecule has 0 radical (unpaired) electrons. The summed E-state index contributed by atoms with van der Waals surface area (Å²) >= 11 is 3.78. The molecule has 0 fully saturated rings. The fourth-order valence-electron chi connectivity index (χ4n) is 2.38. The van der Waals surface area contributed by atoms with Gasteiger partial charge in [-0.05, 0) is 35.8 Å². The maximum absolute atomic E-state index is 2.31. The van der Waals surface area contributed by atoms with Crippen LogP contribution in [0.25, 0.3) is 0 Å². The normalized spacial score (nSPS) is 28.5. The number of allylic oxidation sites excluding steroid dienone is 6. The van der Waals surface area contributed by atoms with E-state index < -0.39 is 0 Å². The van der Waals surface area contributed by atoms with E-state index in [-0.39, 0.29) is 26.2 Å². The quantitative estimate of drug-likeness (QED) is 0.594. The van der Waals surface area contributed by atoms with Gasteiger partial charge in [0.1, 0.15) is 0 Å². The van der Waals surface area contributed by atoms with E-state index in [0.717, 1.165) is 0 Å². The summed E-state index contributed by atoms with van der Waals surface area (Å²) in [5.74, 6) is 0. The zero-order valence-electron chi connectivity index (χ0n) is 11.1. The summed E-state index contributed by atoms with van der Waals surface area (Å²) in [6.45, 7) is 4.30. The SMILES string of the molecule is CC1=CC2SC=CC2=C1.CC1=CC2SC=CC2=C1.[Zr]. The van der Waals surface area contributed by atoms with Gasteiger partial charge in [0.05, 0.1) is 10.5 Å². The van der Waals surface area contributed by atoms with E-state index in [2.05, 4.69) is 61.1 Å². The molecule has 0 saturated heterocycles. The Hall–Kier alpha value is 0.0231. The van der Waals surface area contributed by atoms with Crippen LogP contribution in [-0.4, -0.2) is 10.5 Å². The van der Waals surface area contributed by atoms with E-state index in [1.165, 1.54) is 22.3 Å². The number of fused-ring (bicyclic) bond motifs is 2. The third kappa shape index (κ3) is 3.57. The average molecular weight is 364 g/mol. The van der Waals surface area contributed by atoms with Gasteiger partial charge in [-0.3, -0.25) is 0 Å². The summed E-state index contributed by atoms with van der Waals surface area (Å²) in [5, 5.41) is 5.65. The fourth-order valence-corrected chi connectivity index (χ4v) is 4.39. The van der Waals surface area contributed by atoms with Crippen LogP contribution < -0.4 is 0 Å². The van der Waals surface area contributed by atoms with Crippen molar-refractivity contribution >= 4 is 23.5 Å². The van der Waals surface area contributed by atoms with Crippen molar-refractivity contribution < 1.29 is 26.2 Å². The molecule has 4 rings (SSSR count). The number of rotatable bonds is 0. The largest absolute Gasteiger partial charge is 0.122 e. The molecule has 0 N–H and O–H groups in total. The molecule has 2 aliphatic carbocycles. The maximum atomic E-state index is 2.31. The first-order chi connectivity index (χ1) is 8.72. The summed E-state index contributed by atoms with van der Waals surface area (Å²) in [7, 11) is 0. The second-order valence-corrected chi connectivity index (χ2v) is 6.93. The third-order valence-corrected chi connectivity index (χ3v) is 5.23. The van der Waals surface area contributed by atoms with Crippen LogP contribution in [0.15, 0.2) is 69.6 Å². The summed E-state index contributed by atoms with van der Waals surface area (Å²) in [6, 6.07) is 0. The molecule has 0 aromatic heterocycles. The van der Waals surface area contributed by atoms with Gasteiger partial charge in [-0.2, -0.15) is 0 Å². The minimum Gasteiger partial charge on any atom is -0.122 e. The Labute approximate surface area is 143 Å². The number of hydrogen-bond acceptors (Lipinski definition) is 2. The van der Waals surface area contributed by atoms with E-state index in [9.17, 15) is 0 Å². The van der Waals surface area contributed by atoms with Crippen LogP contribution in [0.3, 0.4) is 0 Å². The molecule has 2 atom stereocenters. The topological polar surface area (TPSA) is 0 Å². The summed E-state index contributed by atoms with van der Waals surface area (Å²) in [6.07, 6.45) is 13.5. The van der Waals surface area contributed by atoms with Crippen LogP contribution >= 0.6 is 23.5 Å². The number of hydrogen-bond donors (Lipinski definition) is 0. The molecule has 0 nitrogen and oxygen atoms in total. The van der Waals surface area contributed by atoms with Crippen LogP contribution in [0.1, 0.15) is 13.8 Å². The smallest absolute Gasteiger partial charge is 0.0524 e. The van der Waals surface area contributed by atoms with Gasteiger partial charge >= 0.3 is 0 Å². The van der Waals surface area contributed by atoms with E-state index in [0.29, 0.717) is 10.5 Å². The van der Waals surface area contributed by atoms with E-state index in [1.807, 2.05) is 23.5 Å². The van der Waals surface area contributed by atoms with Crippen molar-refractivity contribution in [2.75, 3.05) is 0 Å². The predicted octanol–water partition coefficient (Wildman–Crippen LogP) is 5.00. The Morgan fingerprint density at radius 1 is 0.789 bits per heavy atom. The van der Waals surface area contributed by atoms with Gasteiger partial charge in [0, 0.05) is 26.2 Å². The Balaban J connectivity index is 0.000000133. The Morgan fingerprint density at radius 2 is 1.21 bits per heavy atom. The van der Waals surface area contributed by atoms with Gasteiger partial charge in [-0.15, -0.1) is 23.5 Å². The standard InChI is InChI=1S/2C8H8S.Zr/c2*1-6-4-7-2-3-9-8(7)5-6;/h2*2-5,8H,1H3;. The molecule has 0 bridgehead atoms. The first-order valence-corrected chi connectivity index (χ1v) is 8.05. The number of thioether (sulfide) groups is 2. The summed E-state index contributed by atoms with van der Waals surface area (Å²) in [4.78, 5) is 0. The van der Waals surface area contributed by atoms with Gasteiger partial charge in [-0.25, -0.2) is 0 Å². The van der Waals surface area contributed by atoms with Gasteiger partial charge in [0.2, 0.25) is 0 Å². The average Bonchev–Trinajstić information content (AvgIpc) is 2.97. The second-order valence-electron chi connectivity index (χ2n) is 4.83. The first-order valence-electron chi connectivity index (χ1n) is 6.16. The predicted molar refractivity (Wildman–Crippen MR) is 84.7 cm³/mol. The molecular formula is C16H16S2Zr. The summed E-state index contributed by atoms with van der Waals surface area (Å²) in [5.41, 5.74) is 5.76. The Morgan fingerprint density at radius 3 is 1.58 bits per heavy atom. The molecule has 2 heterocycles. The van der Waals surface area contributed by atoms with Crippen LogP contribution in [0, 0.1) is 0 Å². The van der Waals surface area contributed by atoms with E-state index >= 15 is 0 Å². The van der Waals surface area contributed by atoms with Crippen molar-refractivity contribution in [2.24, 2.45) is 0 Å². The molecular weight excluding hydrogens is 348 g/mol. The fraction of sp³-hybridized carbons (Fsp3) is 0.250. The van der Waals surface area contributed by atoms with Gasteiger partial charge in [0.25, 0.3) is 0 Å². The van der Waals surface area contributed by atoms with Crippen molar-refractivity contribution in [2.45, 2.75) is 24.3 Å². The zero-order valence-corrected chi connectivity index (χ0v) is 15.2. The third-order valence-electron chi connectivity index (χ3n) is 3.25. The first kappa shape index (κ1) is 15.4. The molecule has 19 heavy (non-hydrogen) atoms. The summed E-state index contributed by atoms with van der Waals surface area (Å²) < 4.78 is 0. The van der Waals surface area contributed by atoms with Gasteiger partial charge in [-0.1, -0.05) is 47.6 Å². The monoisotopic (exact) mass is 362 g/mol. The molecule has 0 spiro atoms. The second kappa shape index (κ2) is 6.65. The van der Waals surface area contributed by atoms with Crippen molar-refractivity contribution in [3.63, 3.8) is 0 Å². The van der Waals surface area contributed by atoms with Crippen molar-refractivity contribution in [1.29, 1.82) is 0 Å². The molecule has 0 amide bonds. The zero-order chi connectivity index (χ0) is 12.5. The Kier molecular flexibility index (Phi) is 5.40. The molecule has 3 heteroatoms. The minimum absolute atomic E-state index is 0. The van der Waals surface area contributed by atoms with Crippen LogP contribution in [0.5, 0.6) is 0 Å². The van der Waals surface area contributed by atoms with Crippen LogP contribution in [-0.2, 0) is 26.2 Å². The molecule has 0 aromatic rings. The molecule has 4 aliphatic rings. The molecule has 2 aliphatic heterocycles. The van der Waals surface area contributed by atoms with Crippen molar-refractivity contribution in [1.82, 2.24) is 0 Å². The van der Waals surface area contributed by atoms with Gasteiger partial charge in [0.15, 0.2) is 0 Å². The molecule has 0 aromatic carbocycles. The minimum atomic E-state index is 0. The van der Waals surface area contributed by atoms with Crippen molar-refractivity contribution in [3.05, 3.63) is 69.6 Å².